The molecule has 1 N–H and O–H groups in total. The first-order valence-electron chi connectivity index (χ1n) is 5.62. The molecule has 3 rings (SSSR count). The van der Waals surface area contributed by atoms with Crippen molar-refractivity contribution in [2.24, 2.45) is 0 Å². The Morgan fingerprint density at radius 2 is 2.00 bits per heavy atom. The molecule has 2 aromatic carbocycles. The quantitative estimate of drug-likeness (QED) is 0.789. The molecule has 0 fully saturated rings. The number of halogens is 1. The second kappa shape index (κ2) is 4.55. The van der Waals surface area contributed by atoms with E-state index >= 15 is 0 Å². The van der Waals surface area contributed by atoms with Crippen molar-refractivity contribution in [1.29, 1.82) is 0 Å². The van der Waals surface area contributed by atoms with E-state index < -0.39 is 0 Å². The summed E-state index contributed by atoms with van der Waals surface area (Å²) in [7, 11) is 0. The number of hydrogen-bond acceptors (Lipinski definition) is 2. The third-order valence-corrected chi connectivity index (χ3v) is 3.41. The molecule has 0 saturated carbocycles. The first-order chi connectivity index (χ1) is 8.79. The molecule has 4 heteroatoms. The Hall–Kier alpha value is -1.65. The molecule has 90 valence electrons. The lowest BCUT2D eigenvalue weighted by Crippen LogP contribution is -2.00. The molecule has 3 aromatic rings. The zero-order valence-corrected chi connectivity index (χ0v) is 11.1. The number of aliphatic hydroxyl groups excluding tert-OH is 1. The van der Waals surface area contributed by atoms with Crippen molar-refractivity contribution >= 4 is 26.8 Å². The summed E-state index contributed by atoms with van der Waals surface area (Å²) in [6, 6.07) is 13.8. The van der Waals surface area contributed by atoms with Crippen molar-refractivity contribution in [3.63, 3.8) is 0 Å². The summed E-state index contributed by atoms with van der Waals surface area (Å²) in [5.74, 6) is 0. The second-order valence-corrected chi connectivity index (χ2v) is 4.96. The van der Waals surface area contributed by atoms with Gasteiger partial charge in [-0.3, -0.25) is 0 Å². The maximum Gasteiger partial charge on any atom is 0.0742 e. The number of benzene rings is 2. The molecule has 0 aliphatic heterocycles. The molecule has 1 aromatic heterocycles. The Labute approximate surface area is 113 Å². The van der Waals surface area contributed by atoms with Crippen LogP contribution in [0.15, 0.2) is 53.1 Å². The van der Waals surface area contributed by atoms with Gasteiger partial charge in [-0.1, -0.05) is 34.1 Å². The van der Waals surface area contributed by atoms with Gasteiger partial charge < -0.3 is 5.11 Å². The summed E-state index contributed by atoms with van der Waals surface area (Å²) in [4.78, 5) is 0. The van der Waals surface area contributed by atoms with Crippen LogP contribution in [0, 0.1) is 0 Å². The van der Waals surface area contributed by atoms with Crippen molar-refractivity contribution in [1.82, 2.24) is 9.78 Å². The van der Waals surface area contributed by atoms with E-state index in [0.29, 0.717) is 0 Å². The lowest BCUT2D eigenvalue weighted by molar-refractivity contribution is 0.281. The molecule has 0 aliphatic carbocycles. The minimum atomic E-state index is 0.00799. The molecule has 0 radical (unpaired) electrons. The molecule has 0 spiro atoms. The number of nitrogens with zero attached hydrogens (tertiary/aromatic N) is 2. The van der Waals surface area contributed by atoms with E-state index in [9.17, 15) is 5.11 Å². The van der Waals surface area contributed by atoms with Crippen molar-refractivity contribution in [2.75, 3.05) is 0 Å². The van der Waals surface area contributed by atoms with E-state index in [-0.39, 0.29) is 6.61 Å². The van der Waals surface area contributed by atoms with Gasteiger partial charge in [-0.05, 0) is 24.3 Å². The van der Waals surface area contributed by atoms with Crippen LogP contribution in [-0.2, 0) is 6.61 Å². The maximum absolute atomic E-state index is 9.38. The van der Waals surface area contributed by atoms with E-state index in [1.807, 2.05) is 53.3 Å². The fourth-order valence-electron chi connectivity index (χ4n) is 2.05. The van der Waals surface area contributed by atoms with Crippen molar-refractivity contribution in [3.05, 3.63) is 58.7 Å². The Morgan fingerprint density at radius 1 is 1.17 bits per heavy atom. The van der Waals surface area contributed by atoms with Gasteiger partial charge in [0.05, 0.1) is 24.0 Å². The highest BCUT2D eigenvalue weighted by molar-refractivity contribution is 9.10. The van der Waals surface area contributed by atoms with Crippen LogP contribution < -0.4 is 0 Å². The molecule has 0 saturated heterocycles. The van der Waals surface area contributed by atoms with Gasteiger partial charge in [0.25, 0.3) is 0 Å². The molecule has 1 heterocycles. The van der Waals surface area contributed by atoms with Gasteiger partial charge in [0.1, 0.15) is 0 Å². The van der Waals surface area contributed by atoms with Gasteiger partial charge in [-0.2, -0.15) is 5.10 Å². The number of aromatic nitrogens is 2. The van der Waals surface area contributed by atoms with E-state index in [1.165, 1.54) is 0 Å². The maximum atomic E-state index is 9.38. The molecule has 0 bridgehead atoms. The Bertz CT molecular complexity index is 706. The molecule has 3 nitrogen and oxygen atoms in total. The largest absolute Gasteiger partial charge is 0.392 e. The van der Waals surface area contributed by atoms with Crippen molar-refractivity contribution < 1.29 is 5.11 Å². The Morgan fingerprint density at radius 3 is 2.83 bits per heavy atom. The number of para-hydroxylation sites is 1. The van der Waals surface area contributed by atoms with Crippen LogP contribution >= 0.6 is 15.9 Å². The predicted molar refractivity (Wildman–Crippen MR) is 74.7 cm³/mol. The van der Waals surface area contributed by atoms with Gasteiger partial charge in [0.2, 0.25) is 0 Å². The lowest BCUT2D eigenvalue weighted by Gasteiger charge is -2.08. The standard InChI is InChI=1S/C14H11BrN2O/c15-12-5-6-14-11(7-12)8-16-17(14)13-4-2-1-3-10(13)9-18/h1-8,18H,9H2. The van der Waals surface area contributed by atoms with E-state index in [1.54, 1.807) is 0 Å². The summed E-state index contributed by atoms with van der Waals surface area (Å²) < 4.78 is 2.89. The van der Waals surface area contributed by atoms with Gasteiger partial charge in [0, 0.05) is 15.4 Å². The highest BCUT2D eigenvalue weighted by atomic mass is 79.9. The zero-order valence-electron chi connectivity index (χ0n) is 9.55. The summed E-state index contributed by atoms with van der Waals surface area (Å²) in [6.07, 6.45) is 1.83. The number of hydrogen-bond donors (Lipinski definition) is 1. The SMILES string of the molecule is OCc1ccccc1-n1ncc2cc(Br)ccc21. The van der Waals surface area contributed by atoms with Crippen LogP contribution in [0.1, 0.15) is 5.56 Å². The third-order valence-electron chi connectivity index (χ3n) is 2.92. The van der Waals surface area contributed by atoms with Crippen LogP contribution in [0.3, 0.4) is 0 Å². The fraction of sp³-hybridized carbons (Fsp3) is 0.0714. The number of rotatable bonds is 2. The van der Waals surface area contributed by atoms with Gasteiger partial charge in [-0.15, -0.1) is 0 Å². The van der Waals surface area contributed by atoms with Crippen LogP contribution in [0.2, 0.25) is 0 Å². The monoisotopic (exact) mass is 302 g/mol. The number of aliphatic hydroxyl groups is 1. The first-order valence-corrected chi connectivity index (χ1v) is 6.41. The third kappa shape index (κ3) is 1.83. The second-order valence-electron chi connectivity index (χ2n) is 4.05. The highest BCUT2D eigenvalue weighted by Crippen LogP contribution is 2.23. The Balaban J connectivity index is 2.26. The average molecular weight is 303 g/mol. The van der Waals surface area contributed by atoms with Gasteiger partial charge in [-0.25, -0.2) is 4.68 Å². The van der Waals surface area contributed by atoms with Crippen LogP contribution in [-0.4, -0.2) is 14.9 Å². The van der Waals surface area contributed by atoms with Crippen LogP contribution in [0.25, 0.3) is 16.6 Å². The van der Waals surface area contributed by atoms with Crippen LogP contribution in [0.5, 0.6) is 0 Å². The minimum absolute atomic E-state index is 0.00799. The van der Waals surface area contributed by atoms with Crippen molar-refractivity contribution in [3.8, 4) is 5.69 Å². The molecular weight excluding hydrogens is 292 g/mol. The highest BCUT2D eigenvalue weighted by Gasteiger charge is 2.08. The number of fused-ring (bicyclic) bond motifs is 1. The topological polar surface area (TPSA) is 38.0 Å². The van der Waals surface area contributed by atoms with Gasteiger partial charge in [0.15, 0.2) is 0 Å². The van der Waals surface area contributed by atoms with E-state index in [2.05, 4.69) is 21.0 Å². The molecule has 0 atom stereocenters. The summed E-state index contributed by atoms with van der Waals surface area (Å²) in [5, 5.41) is 14.9. The lowest BCUT2D eigenvalue weighted by atomic mass is 10.2. The van der Waals surface area contributed by atoms with Gasteiger partial charge >= 0.3 is 0 Å². The zero-order chi connectivity index (χ0) is 12.5. The molecule has 0 aliphatic rings. The summed E-state index contributed by atoms with van der Waals surface area (Å²) in [5.41, 5.74) is 2.81. The first kappa shape index (κ1) is 11.4. The van der Waals surface area contributed by atoms with E-state index in [0.717, 1.165) is 26.6 Å². The average Bonchev–Trinajstić information content (AvgIpc) is 2.81. The molecular formula is C14H11BrN2O. The smallest absolute Gasteiger partial charge is 0.0742 e. The summed E-state index contributed by atoms with van der Waals surface area (Å²) in [6.45, 7) is 0.00799. The minimum Gasteiger partial charge on any atom is -0.392 e. The van der Waals surface area contributed by atoms with E-state index in [4.69, 9.17) is 0 Å². The fourth-order valence-corrected chi connectivity index (χ4v) is 2.43. The normalized spacial score (nSPS) is 11.0. The molecule has 18 heavy (non-hydrogen) atoms. The molecule has 0 amide bonds. The van der Waals surface area contributed by atoms with Crippen molar-refractivity contribution in [2.45, 2.75) is 6.61 Å². The Kier molecular flexibility index (Phi) is 2.89. The van der Waals surface area contributed by atoms with Crippen LogP contribution in [0.4, 0.5) is 0 Å². The summed E-state index contributed by atoms with van der Waals surface area (Å²) >= 11 is 3.45. The predicted octanol–water partition coefficient (Wildman–Crippen LogP) is 3.28. The molecule has 0 unspecified atom stereocenters.